The number of carbonyl (C=O) groups excluding carboxylic acids is 1. The van der Waals surface area contributed by atoms with Crippen LogP contribution in [0, 0.1) is 13.8 Å². The van der Waals surface area contributed by atoms with Crippen molar-refractivity contribution in [2.45, 2.75) is 70.4 Å². The van der Waals surface area contributed by atoms with Gasteiger partial charge in [0, 0.05) is 36.4 Å². The Labute approximate surface area is 210 Å². The van der Waals surface area contributed by atoms with Gasteiger partial charge in [-0.3, -0.25) is 9.69 Å². The van der Waals surface area contributed by atoms with Crippen LogP contribution >= 0.6 is 0 Å². The van der Waals surface area contributed by atoms with E-state index in [1.807, 2.05) is 31.2 Å². The van der Waals surface area contributed by atoms with Gasteiger partial charge in [-0.25, -0.2) is 0 Å². The number of rotatable bonds is 5. The van der Waals surface area contributed by atoms with E-state index in [-0.39, 0.29) is 11.9 Å². The molecule has 3 aromatic rings. The van der Waals surface area contributed by atoms with Crippen LogP contribution in [-0.4, -0.2) is 36.0 Å². The van der Waals surface area contributed by atoms with Crippen molar-refractivity contribution in [1.82, 2.24) is 4.90 Å². The number of hydrogen-bond donors (Lipinski definition) is 0. The Morgan fingerprint density at radius 3 is 2.14 bits per heavy atom. The van der Waals surface area contributed by atoms with E-state index in [9.17, 15) is 4.79 Å². The largest absolute Gasteiger partial charge is 0.305 e. The molecule has 2 atom stereocenters. The second-order valence-electron chi connectivity index (χ2n) is 10.5. The number of piperidine rings is 1. The van der Waals surface area contributed by atoms with Crippen LogP contribution in [0.2, 0.25) is 0 Å². The Morgan fingerprint density at radius 2 is 1.43 bits per heavy atom. The first-order valence-corrected chi connectivity index (χ1v) is 13.4. The maximum atomic E-state index is 13.9. The molecule has 1 aliphatic heterocycles. The van der Waals surface area contributed by atoms with Crippen molar-refractivity contribution in [3.8, 4) is 0 Å². The average molecular weight is 467 g/mol. The van der Waals surface area contributed by atoms with Crippen LogP contribution in [0.25, 0.3) is 0 Å². The Kier molecular flexibility index (Phi) is 7.34. The summed E-state index contributed by atoms with van der Waals surface area (Å²) in [6, 6.07) is 28.4. The second kappa shape index (κ2) is 10.8. The summed E-state index contributed by atoms with van der Waals surface area (Å²) in [5, 5.41) is 0. The molecule has 1 amide bonds. The highest BCUT2D eigenvalue weighted by molar-refractivity contribution is 6.07. The van der Waals surface area contributed by atoms with Gasteiger partial charge in [0.2, 0.25) is 0 Å². The molecule has 0 N–H and O–H groups in total. The molecule has 1 aliphatic carbocycles. The van der Waals surface area contributed by atoms with E-state index in [0.717, 1.165) is 42.7 Å². The van der Waals surface area contributed by atoms with Crippen LogP contribution < -0.4 is 4.90 Å². The van der Waals surface area contributed by atoms with Crippen molar-refractivity contribution in [2.75, 3.05) is 18.0 Å². The minimum absolute atomic E-state index is 0.130. The van der Waals surface area contributed by atoms with Crippen LogP contribution in [-0.2, 0) is 0 Å². The van der Waals surface area contributed by atoms with E-state index < -0.39 is 0 Å². The highest BCUT2D eigenvalue weighted by Gasteiger charge is 2.36. The third-order valence-corrected chi connectivity index (χ3v) is 8.20. The van der Waals surface area contributed by atoms with Gasteiger partial charge < -0.3 is 4.90 Å². The number of likely N-dealkylation sites (tertiary alicyclic amines) is 1. The zero-order valence-electron chi connectivity index (χ0n) is 21.2. The molecule has 0 spiro atoms. The molecule has 0 radical (unpaired) electrons. The van der Waals surface area contributed by atoms with Gasteiger partial charge >= 0.3 is 0 Å². The Hall–Kier alpha value is -2.91. The summed E-state index contributed by atoms with van der Waals surface area (Å²) in [4.78, 5) is 18.7. The van der Waals surface area contributed by atoms with Crippen LogP contribution in [0.4, 0.5) is 5.69 Å². The Balaban J connectivity index is 1.36. The molecule has 1 saturated heterocycles. The molecule has 3 nitrogen and oxygen atoms in total. The lowest BCUT2D eigenvalue weighted by atomic mass is 9.78. The van der Waals surface area contributed by atoms with E-state index in [1.54, 1.807) is 0 Å². The first-order chi connectivity index (χ1) is 17.1. The second-order valence-corrected chi connectivity index (χ2v) is 10.5. The molecule has 182 valence electrons. The Bertz CT molecular complexity index is 1120. The fourth-order valence-electron chi connectivity index (χ4n) is 6.25. The predicted molar refractivity (Wildman–Crippen MR) is 145 cm³/mol. The van der Waals surface area contributed by atoms with Gasteiger partial charge in [-0.2, -0.15) is 0 Å². The van der Waals surface area contributed by atoms with Gasteiger partial charge in [0.25, 0.3) is 5.91 Å². The van der Waals surface area contributed by atoms with Gasteiger partial charge in [0.15, 0.2) is 0 Å². The molecule has 35 heavy (non-hydrogen) atoms. The lowest BCUT2D eigenvalue weighted by Crippen LogP contribution is -2.51. The lowest BCUT2D eigenvalue weighted by molar-refractivity contribution is 0.0894. The summed E-state index contributed by atoms with van der Waals surface area (Å²) in [5.74, 6) is 0.758. The number of benzene rings is 3. The van der Waals surface area contributed by atoms with Crippen molar-refractivity contribution in [1.29, 1.82) is 0 Å². The summed E-state index contributed by atoms with van der Waals surface area (Å²) in [6.07, 6.45) is 7.27. The first kappa shape index (κ1) is 23.8. The first-order valence-electron chi connectivity index (χ1n) is 13.4. The van der Waals surface area contributed by atoms with Crippen LogP contribution in [0.15, 0.2) is 78.9 Å². The van der Waals surface area contributed by atoms with Crippen LogP contribution in [0.5, 0.6) is 0 Å². The van der Waals surface area contributed by atoms with Gasteiger partial charge in [-0.05, 0) is 74.8 Å². The predicted octanol–water partition coefficient (Wildman–Crippen LogP) is 7.14. The van der Waals surface area contributed by atoms with Gasteiger partial charge in [0.05, 0.1) is 0 Å². The molecule has 1 saturated carbocycles. The van der Waals surface area contributed by atoms with Gasteiger partial charge in [-0.1, -0.05) is 79.1 Å². The zero-order valence-corrected chi connectivity index (χ0v) is 21.2. The molecule has 3 heteroatoms. The minimum Gasteiger partial charge on any atom is -0.305 e. The third kappa shape index (κ3) is 5.21. The number of anilines is 1. The summed E-state index contributed by atoms with van der Waals surface area (Å²) in [6.45, 7) is 6.25. The van der Waals surface area contributed by atoms with E-state index in [1.165, 1.54) is 36.8 Å². The maximum absolute atomic E-state index is 13.9. The van der Waals surface area contributed by atoms with Gasteiger partial charge in [-0.15, -0.1) is 0 Å². The number of aryl methyl sites for hydroxylation is 2. The quantitative estimate of drug-likeness (QED) is 0.399. The highest BCUT2D eigenvalue weighted by Crippen LogP contribution is 2.38. The zero-order chi connectivity index (χ0) is 24.2. The summed E-state index contributed by atoms with van der Waals surface area (Å²) in [5.41, 5.74) is 5.58. The van der Waals surface area contributed by atoms with Crippen LogP contribution in [0.1, 0.15) is 71.5 Å². The minimum atomic E-state index is 0.130. The number of amides is 1. The smallest absolute Gasteiger partial charge is 0.258 e. The topological polar surface area (TPSA) is 23.6 Å². The maximum Gasteiger partial charge on any atom is 0.258 e. The standard InChI is InChI=1S/C32H38N2O/c1-24-16-18-27(19-17-24)34(32(35)29-13-7-6-10-25(29)2)28-20-22-33(23-21-28)31-15-9-8-14-30(31)26-11-4-3-5-12-26/h3-7,10-13,16-19,28,30-31H,8-9,14-15,20-23H2,1-2H3. The molecular formula is C32H38N2O. The molecule has 2 fully saturated rings. The van der Waals surface area contributed by atoms with E-state index in [0.29, 0.717) is 12.0 Å². The molecule has 1 heterocycles. The van der Waals surface area contributed by atoms with E-state index in [4.69, 9.17) is 0 Å². The molecule has 0 bridgehead atoms. The highest BCUT2D eigenvalue weighted by atomic mass is 16.2. The molecular weight excluding hydrogens is 428 g/mol. The van der Waals surface area contributed by atoms with Crippen molar-refractivity contribution in [3.63, 3.8) is 0 Å². The number of nitrogens with zero attached hydrogens (tertiary/aromatic N) is 2. The monoisotopic (exact) mass is 466 g/mol. The fourth-order valence-corrected chi connectivity index (χ4v) is 6.25. The third-order valence-electron chi connectivity index (χ3n) is 8.20. The number of carbonyl (C=O) groups is 1. The summed E-state index contributed by atoms with van der Waals surface area (Å²) >= 11 is 0. The molecule has 2 unspecified atom stereocenters. The molecule has 5 rings (SSSR count). The van der Waals surface area contributed by atoms with Crippen LogP contribution in [0.3, 0.4) is 0 Å². The summed E-state index contributed by atoms with van der Waals surface area (Å²) < 4.78 is 0. The lowest BCUT2D eigenvalue weighted by Gasteiger charge is -2.45. The molecule has 3 aromatic carbocycles. The van der Waals surface area contributed by atoms with Crippen molar-refractivity contribution < 1.29 is 4.79 Å². The van der Waals surface area contributed by atoms with E-state index in [2.05, 4.69) is 71.3 Å². The van der Waals surface area contributed by atoms with Gasteiger partial charge in [0.1, 0.15) is 0 Å². The van der Waals surface area contributed by atoms with Crippen molar-refractivity contribution in [2.24, 2.45) is 0 Å². The Morgan fingerprint density at radius 1 is 0.771 bits per heavy atom. The van der Waals surface area contributed by atoms with Crippen molar-refractivity contribution in [3.05, 3.63) is 101 Å². The average Bonchev–Trinajstić information content (AvgIpc) is 2.91. The number of hydrogen-bond acceptors (Lipinski definition) is 2. The summed E-state index contributed by atoms with van der Waals surface area (Å²) in [7, 11) is 0. The van der Waals surface area contributed by atoms with E-state index >= 15 is 0 Å². The normalized spacial score (nSPS) is 21.5. The SMILES string of the molecule is Cc1ccc(N(C(=O)c2ccccc2C)C2CCN(C3CCCCC3c3ccccc3)CC2)cc1. The molecule has 2 aliphatic rings. The fraction of sp³-hybridized carbons (Fsp3) is 0.406. The molecule has 0 aromatic heterocycles. The van der Waals surface area contributed by atoms with Crippen molar-refractivity contribution >= 4 is 11.6 Å².